The molecule has 0 aromatic heterocycles. The molecule has 0 radical (unpaired) electrons. The number of nitrogens with one attached hydrogen (secondary N) is 1. The minimum absolute atomic E-state index is 0.0683. The largest absolute Gasteiger partial charge is 0.377 e. The molecular formula is C12H15BrN2O2. The predicted octanol–water partition coefficient (Wildman–Crippen LogP) is 1.81. The Morgan fingerprint density at radius 3 is 2.82 bits per heavy atom. The lowest BCUT2D eigenvalue weighted by Gasteiger charge is -2.37. The van der Waals surface area contributed by atoms with Crippen LogP contribution in [0.2, 0.25) is 0 Å². The van der Waals surface area contributed by atoms with Crippen LogP contribution >= 0.6 is 15.9 Å². The first-order chi connectivity index (χ1) is 7.98. The van der Waals surface area contributed by atoms with Crippen molar-refractivity contribution in [3.63, 3.8) is 0 Å². The fraction of sp³-hybridized carbons (Fsp3) is 0.417. The maximum atomic E-state index is 11.8. The second kappa shape index (κ2) is 4.76. The second-order valence-corrected chi connectivity index (χ2v) is 5.46. The number of aryl methyl sites for hydroxylation is 1. The van der Waals surface area contributed by atoms with Gasteiger partial charge in [0.15, 0.2) is 0 Å². The molecule has 0 spiro atoms. The van der Waals surface area contributed by atoms with Gasteiger partial charge in [0.1, 0.15) is 0 Å². The standard InChI is InChI=1S/C12H15BrN2O2/c1-8-4-9(13)2-3-10(8)15-11(16)5-12(14)6-17-7-12/h2-4H,5-7,14H2,1H3,(H,15,16). The highest BCUT2D eigenvalue weighted by molar-refractivity contribution is 9.10. The van der Waals surface area contributed by atoms with Gasteiger partial charge in [-0.2, -0.15) is 0 Å². The molecule has 1 heterocycles. The number of anilines is 1. The van der Waals surface area contributed by atoms with Crippen molar-refractivity contribution in [1.82, 2.24) is 0 Å². The van der Waals surface area contributed by atoms with Crippen molar-refractivity contribution in [2.45, 2.75) is 18.9 Å². The van der Waals surface area contributed by atoms with Gasteiger partial charge in [0.2, 0.25) is 5.91 Å². The lowest BCUT2D eigenvalue weighted by molar-refractivity contribution is -0.123. The van der Waals surface area contributed by atoms with Gasteiger partial charge in [0.25, 0.3) is 0 Å². The summed E-state index contributed by atoms with van der Waals surface area (Å²) in [5, 5.41) is 2.87. The Morgan fingerprint density at radius 2 is 2.29 bits per heavy atom. The van der Waals surface area contributed by atoms with E-state index in [1.54, 1.807) is 0 Å². The molecule has 2 rings (SSSR count). The Labute approximate surface area is 109 Å². The first-order valence-corrected chi connectivity index (χ1v) is 6.20. The van der Waals surface area contributed by atoms with Gasteiger partial charge in [-0.15, -0.1) is 0 Å². The summed E-state index contributed by atoms with van der Waals surface area (Å²) in [6.45, 7) is 2.87. The van der Waals surface area contributed by atoms with E-state index in [0.717, 1.165) is 15.7 Å². The van der Waals surface area contributed by atoms with Crippen LogP contribution in [0.3, 0.4) is 0 Å². The summed E-state index contributed by atoms with van der Waals surface area (Å²) in [5.41, 5.74) is 7.29. The highest BCUT2D eigenvalue weighted by Crippen LogP contribution is 2.22. The number of halogens is 1. The summed E-state index contributed by atoms with van der Waals surface area (Å²) in [6.07, 6.45) is 0.294. The van der Waals surface area contributed by atoms with Crippen LogP contribution in [-0.2, 0) is 9.53 Å². The molecule has 0 unspecified atom stereocenters. The molecule has 92 valence electrons. The Balaban J connectivity index is 1.98. The van der Waals surface area contributed by atoms with Gasteiger partial charge in [-0.05, 0) is 30.7 Å². The lowest BCUT2D eigenvalue weighted by atomic mass is 9.94. The number of amides is 1. The Hall–Kier alpha value is -0.910. The molecule has 1 saturated heterocycles. The van der Waals surface area contributed by atoms with Gasteiger partial charge >= 0.3 is 0 Å². The normalized spacial score (nSPS) is 17.4. The minimum Gasteiger partial charge on any atom is -0.377 e. The molecule has 1 aromatic carbocycles. The Morgan fingerprint density at radius 1 is 1.59 bits per heavy atom. The van der Waals surface area contributed by atoms with Crippen LogP contribution < -0.4 is 11.1 Å². The summed E-state index contributed by atoms with van der Waals surface area (Å²) in [4.78, 5) is 11.8. The van der Waals surface area contributed by atoms with E-state index in [-0.39, 0.29) is 5.91 Å². The van der Waals surface area contributed by atoms with Crippen LogP contribution in [0.1, 0.15) is 12.0 Å². The number of carbonyl (C=O) groups excluding carboxylic acids is 1. The maximum Gasteiger partial charge on any atom is 0.226 e. The summed E-state index contributed by atoms with van der Waals surface area (Å²) < 4.78 is 6.01. The molecule has 3 N–H and O–H groups in total. The fourth-order valence-electron chi connectivity index (χ4n) is 1.75. The predicted molar refractivity (Wildman–Crippen MR) is 69.9 cm³/mol. The average molecular weight is 299 g/mol. The molecule has 1 amide bonds. The summed E-state index contributed by atoms with van der Waals surface area (Å²) in [6, 6.07) is 5.73. The smallest absolute Gasteiger partial charge is 0.226 e. The number of nitrogens with two attached hydrogens (primary N) is 1. The van der Waals surface area contributed by atoms with Crippen molar-refractivity contribution < 1.29 is 9.53 Å². The number of hydrogen-bond acceptors (Lipinski definition) is 3. The first-order valence-electron chi connectivity index (χ1n) is 5.41. The topological polar surface area (TPSA) is 64.4 Å². The van der Waals surface area contributed by atoms with Crippen molar-refractivity contribution in [1.29, 1.82) is 0 Å². The van der Waals surface area contributed by atoms with Crippen molar-refractivity contribution in [2.24, 2.45) is 5.73 Å². The zero-order chi connectivity index (χ0) is 12.5. The molecule has 1 aliphatic rings. The zero-order valence-corrected chi connectivity index (χ0v) is 11.2. The maximum absolute atomic E-state index is 11.8. The lowest BCUT2D eigenvalue weighted by Crippen LogP contribution is -2.58. The average Bonchev–Trinajstić information content (AvgIpc) is 2.20. The van der Waals surface area contributed by atoms with Crippen LogP contribution in [0.25, 0.3) is 0 Å². The molecule has 0 saturated carbocycles. The molecule has 0 aliphatic carbocycles. The molecule has 0 bridgehead atoms. The van der Waals surface area contributed by atoms with E-state index in [9.17, 15) is 4.79 Å². The van der Waals surface area contributed by atoms with Crippen molar-refractivity contribution >= 4 is 27.5 Å². The number of carbonyl (C=O) groups is 1. The van der Waals surface area contributed by atoms with Gasteiger partial charge in [0.05, 0.1) is 18.8 Å². The van der Waals surface area contributed by atoms with Crippen LogP contribution in [0.15, 0.2) is 22.7 Å². The van der Waals surface area contributed by atoms with Gasteiger partial charge in [-0.25, -0.2) is 0 Å². The van der Waals surface area contributed by atoms with E-state index in [4.69, 9.17) is 10.5 Å². The second-order valence-electron chi connectivity index (χ2n) is 4.54. The minimum atomic E-state index is -0.479. The van der Waals surface area contributed by atoms with Gasteiger partial charge in [-0.3, -0.25) is 4.79 Å². The molecule has 17 heavy (non-hydrogen) atoms. The number of rotatable bonds is 3. The summed E-state index contributed by atoms with van der Waals surface area (Å²) in [5.74, 6) is -0.0683. The molecule has 4 nitrogen and oxygen atoms in total. The first kappa shape index (κ1) is 12.5. The van der Waals surface area contributed by atoms with Crippen molar-refractivity contribution in [3.8, 4) is 0 Å². The van der Waals surface area contributed by atoms with Crippen LogP contribution in [-0.4, -0.2) is 24.7 Å². The number of ether oxygens (including phenoxy) is 1. The van der Waals surface area contributed by atoms with Crippen molar-refractivity contribution in [2.75, 3.05) is 18.5 Å². The SMILES string of the molecule is Cc1cc(Br)ccc1NC(=O)CC1(N)COC1. The number of benzene rings is 1. The molecule has 1 fully saturated rings. The van der Waals surface area contributed by atoms with Crippen LogP contribution in [0, 0.1) is 6.92 Å². The van der Waals surface area contributed by atoms with E-state index in [1.807, 2.05) is 25.1 Å². The number of hydrogen-bond donors (Lipinski definition) is 2. The fourth-order valence-corrected chi connectivity index (χ4v) is 2.22. The third kappa shape index (κ3) is 3.06. The molecular weight excluding hydrogens is 284 g/mol. The van der Waals surface area contributed by atoms with Gasteiger partial charge < -0.3 is 15.8 Å². The van der Waals surface area contributed by atoms with E-state index < -0.39 is 5.54 Å². The van der Waals surface area contributed by atoms with Crippen LogP contribution in [0.4, 0.5) is 5.69 Å². The third-order valence-corrected chi connectivity index (χ3v) is 3.25. The Bertz CT molecular complexity index is 444. The highest BCUT2D eigenvalue weighted by atomic mass is 79.9. The molecule has 0 atom stereocenters. The quantitative estimate of drug-likeness (QED) is 0.894. The highest BCUT2D eigenvalue weighted by Gasteiger charge is 2.36. The van der Waals surface area contributed by atoms with Crippen molar-refractivity contribution in [3.05, 3.63) is 28.2 Å². The van der Waals surface area contributed by atoms with Crippen LogP contribution in [0.5, 0.6) is 0 Å². The van der Waals surface area contributed by atoms with Gasteiger partial charge in [0, 0.05) is 16.6 Å². The van der Waals surface area contributed by atoms with E-state index in [1.165, 1.54) is 0 Å². The molecule has 1 aliphatic heterocycles. The van der Waals surface area contributed by atoms with Gasteiger partial charge in [-0.1, -0.05) is 15.9 Å². The zero-order valence-electron chi connectivity index (χ0n) is 9.63. The monoisotopic (exact) mass is 298 g/mol. The Kier molecular flexibility index (Phi) is 3.51. The third-order valence-electron chi connectivity index (χ3n) is 2.75. The van der Waals surface area contributed by atoms with E-state index in [2.05, 4.69) is 21.2 Å². The van der Waals surface area contributed by atoms with E-state index in [0.29, 0.717) is 19.6 Å². The summed E-state index contributed by atoms with van der Waals surface area (Å²) in [7, 11) is 0. The van der Waals surface area contributed by atoms with E-state index >= 15 is 0 Å². The summed E-state index contributed by atoms with van der Waals surface area (Å²) >= 11 is 3.38. The molecule has 5 heteroatoms. The molecule has 1 aromatic rings.